The third-order valence-corrected chi connectivity index (χ3v) is 4.65. The lowest BCUT2D eigenvalue weighted by Crippen LogP contribution is -2.27. The topological polar surface area (TPSA) is 68.0 Å². The Kier molecular flexibility index (Phi) is 4.61. The Balaban J connectivity index is 1.73. The van der Waals surface area contributed by atoms with Crippen LogP contribution in [0.3, 0.4) is 0 Å². The first-order valence-electron chi connectivity index (χ1n) is 8.91. The van der Waals surface area contributed by atoms with Crippen LogP contribution in [0.4, 0.5) is 4.39 Å². The van der Waals surface area contributed by atoms with Crippen molar-refractivity contribution < 1.29 is 13.7 Å². The van der Waals surface area contributed by atoms with E-state index in [2.05, 4.69) is 15.5 Å². The van der Waals surface area contributed by atoms with Gasteiger partial charge in [-0.1, -0.05) is 47.6 Å². The average molecular weight is 375 g/mol. The van der Waals surface area contributed by atoms with Crippen LogP contribution in [0.1, 0.15) is 34.6 Å². The normalized spacial score (nSPS) is 12.1. The molecule has 4 aromatic rings. The zero-order chi connectivity index (χ0) is 19.7. The Hall–Kier alpha value is -3.54. The molecule has 1 atom stereocenters. The highest BCUT2D eigenvalue weighted by molar-refractivity contribution is 6.07. The zero-order valence-corrected chi connectivity index (χ0v) is 15.4. The fourth-order valence-corrected chi connectivity index (χ4v) is 3.14. The number of hydrogen-bond donors (Lipinski definition) is 1. The minimum atomic E-state index is -0.314. The number of aromatic nitrogens is 2. The van der Waals surface area contributed by atoms with Gasteiger partial charge in [0, 0.05) is 5.56 Å². The Morgan fingerprint density at radius 1 is 1.11 bits per heavy atom. The van der Waals surface area contributed by atoms with E-state index < -0.39 is 0 Å². The SMILES string of the molecule is Cc1noc2nc(-c3ccccc3)cc(C(=O)N[C@@H](C)c3ccc(F)cc3)c12. The largest absolute Gasteiger partial charge is 0.345 e. The molecular weight excluding hydrogens is 357 g/mol. The number of nitrogens with one attached hydrogen (secondary N) is 1. The Labute approximate surface area is 161 Å². The third kappa shape index (κ3) is 3.36. The van der Waals surface area contributed by atoms with Gasteiger partial charge in [-0.25, -0.2) is 9.37 Å². The molecule has 4 rings (SSSR count). The van der Waals surface area contributed by atoms with Gasteiger partial charge >= 0.3 is 0 Å². The van der Waals surface area contributed by atoms with Crippen LogP contribution in [0.15, 0.2) is 65.2 Å². The lowest BCUT2D eigenvalue weighted by molar-refractivity contribution is 0.0941. The van der Waals surface area contributed by atoms with E-state index in [-0.39, 0.29) is 17.8 Å². The van der Waals surface area contributed by atoms with E-state index in [1.807, 2.05) is 37.3 Å². The van der Waals surface area contributed by atoms with Gasteiger partial charge in [0.2, 0.25) is 0 Å². The molecule has 0 bridgehead atoms. The average Bonchev–Trinajstić information content (AvgIpc) is 3.09. The van der Waals surface area contributed by atoms with Gasteiger partial charge in [0.25, 0.3) is 11.6 Å². The van der Waals surface area contributed by atoms with E-state index in [9.17, 15) is 9.18 Å². The van der Waals surface area contributed by atoms with Crippen LogP contribution in [0.5, 0.6) is 0 Å². The summed E-state index contributed by atoms with van der Waals surface area (Å²) >= 11 is 0. The van der Waals surface area contributed by atoms with Crippen molar-refractivity contribution in [1.29, 1.82) is 0 Å². The summed E-state index contributed by atoms with van der Waals surface area (Å²) < 4.78 is 18.5. The molecule has 5 nitrogen and oxygen atoms in total. The number of amides is 1. The maximum absolute atomic E-state index is 13.2. The lowest BCUT2D eigenvalue weighted by atomic mass is 10.0. The minimum absolute atomic E-state index is 0.271. The quantitative estimate of drug-likeness (QED) is 0.555. The second-order valence-corrected chi connectivity index (χ2v) is 6.62. The molecule has 0 saturated carbocycles. The lowest BCUT2D eigenvalue weighted by Gasteiger charge is -2.15. The number of aryl methyl sites for hydroxylation is 1. The van der Waals surface area contributed by atoms with Crippen molar-refractivity contribution in [2.24, 2.45) is 0 Å². The molecule has 0 fully saturated rings. The van der Waals surface area contributed by atoms with Crippen LogP contribution in [0.25, 0.3) is 22.4 Å². The van der Waals surface area contributed by atoms with Crippen molar-refractivity contribution in [2.75, 3.05) is 0 Å². The summed E-state index contributed by atoms with van der Waals surface area (Å²) in [5.74, 6) is -0.585. The van der Waals surface area contributed by atoms with E-state index in [0.717, 1.165) is 11.1 Å². The van der Waals surface area contributed by atoms with Crippen LogP contribution in [-0.2, 0) is 0 Å². The highest BCUT2D eigenvalue weighted by Gasteiger charge is 2.21. The Bertz CT molecular complexity index is 1140. The van der Waals surface area contributed by atoms with Crippen LogP contribution < -0.4 is 5.32 Å². The van der Waals surface area contributed by atoms with Crippen LogP contribution >= 0.6 is 0 Å². The number of hydrogen-bond acceptors (Lipinski definition) is 4. The number of benzene rings is 2. The molecule has 0 aliphatic carbocycles. The molecule has 0 aliphatic heterocycles. The van der Waals surface area contributed by atoms with Crippen molar-refractivity contribution in [3.05, 3.63) is 83.3 Å². The third-order valence-electron chi connectivity index (χ3n) is 4.65. The molecule has 1 N–H and O–H groups in total. The standard InChI is InChI=1S/C22H18FN3O2/c1-13(15-8-10-17(23)11-9-15)24-21(27)18-12-19(16-6-4-3-5-7-16)25-22-20(18)14(2)26-28-22/h3-13H,1-2H3,(H,24,27)/t13-/m0/s1. The summed E-state index contributed by atoms with van der Waals surface area (Å²) in [5, 5.41) is 7.51. The maximum Gasteiger partial charge on any atom is 0.259 e. The van der Waals surface area contributed by atoms with E-state index in [1.165, 1.54) is 12.1 Å². The number of rotatable bonds is 4. The fourth-order valence-electron chi connectivity index (χ4n) is 3.14. The summed E-state index contributed by atoms with van der Waals surface area (Å²) in [5.41, 5.74) is 3.67. The predicted molar refractivity (Wildman–Crippen MR) is 104 cm³/mol. The van der Waals surface area contributed by atoms with E-state index in [4.69, 9.17) is 4.52 Å². The molecule has 28 heavy (non-hydrogen) atoms. The first-order chi connectivity index (χ1) is 13.5. The summed E-state index contributed by atoms with van der Waals surface area (Å²) in [4.78, 5) is 17.6. The summed E-state index contributed by atoms with van der Waals surface area (Å²) in [6.07, 6.45) is 0. The first-order valence-corrected chi connectivity index (χ1v) is 8.91. The van der Waals surface area contributed by atoms with Crippen molar-refractivity contribution in [3.63, 3.8) is 0 Å². The van der Waals surface area contributed by atoms with Crippen molar-refractivity contribution in [2.45, 2.75) is 19.9 Å². The van der Waals surface area contributed by atoms with Crippen molar-refractivity contribution >= 4 is 17.0 Å². The van der Waals surface area contributed by atoms with Gasteiger partial charge in [0.1, 0.15) is 5.82 Å². The fraction of sp³-hybridized carbons (Fsp3) is 0.136. The highest BCUT2D eigenvalue weighted by Crippen LogP contribution is 2.27. The number of nitrogens with zero attached hydrogens (tertiary/aromatic N) is 2. The molecule has 6 heteroatoms. The molecule has 0 radical (unpaired) electrons. The Morgan fingerprint density at radius 3 is 2.54 bits per heavy atom. The van der Waals surface area contributed by atoms with Gasteiger partial charge in [0.05, 0.1) is 28.4 Å². The molecular formula is C22H18FN3O2. The second-order valence-electron chi connectivity index (χ2n) is 6.62. The Morgan fingerprint density at radius 2 is 1.82 bits per heavy atom. The van der Waals surface area contributed by atoms with Gasteiger partial charge in [0.15, 0.2) is 0 Å². The number of halogens is 1. The molecule has 1 amide bonds. The molecule has 140 valence electrons. The van der Waals surface area contributed by atoms with Gasteiger partial charge < -0.3 is 9.84 Å². The van der Waals surface area contributed by atoms with Crippen molar-refractivity contribution in [1.82, 2.24) is 15.5 Å². The van der Waals surface area contributed by atoms with Gasteiger partial charge in [-0.15, -0.1) is 0 Å². The second kappa shape index (κ2) is 7.23. The van der Waals surface area contributed by atoms with Gasteiger partial charge in [-0.05, 0) is 37.6 Å². The minimum Gasteiger partial charge on any atom is -0.345 e. The van der Waals surface area contributed by atoms with Gasteiger partial charge in [-0.3, -0.25) is 4.79 Å². The van der Waals surface area contributed by atoms with Crippen LogP contribution in [0, 0.1) is 12.7 Å². The van der Waals surface area contributed by atoms with Crippen molar-refractivity contribution in [3.8, 4) is 11.3 Å². The molecule has 2 heterocycles. The molecule has 0 saturated heterocycles. The zero-order valence-electron chi connectivity index (χ0n) is 15.4. The van der Waals surface area contributed by atoms with Crippen LogP contribution in [0.2, 0.25) is 0 Å². The van der Waals surface area contributed by atoms with E-state index in [1.54, 1.807) is 25.1 Å². The molecule has 2 aromatic carbocycles. The summed E-state index contributed by atoms with van der Waals surface area (Å²) in [6.45, 7) is 3.62. The maximum atomic E-state index is 13.2. The summed E-state index contributed by atoms with van der Waals surface area (Å²) in [7, 11) is 0. The number of carbonyl (C=O) groups is 1. The first kappa shape index (κ1) is 17.9. The van der Waals surface area contributed by atoms with Crippen LogP contribution in [-0.4, -0.2) is 16.0 Å². The molecule has 0 aliphatic rings. The number of carbonyl (C=O) groups excluding carboxylic acids is 1. The molecule has 0 unspecified atom stereocenters. The van der Waals surface area contributed by atoms with Gasteiger partial charge in [-0.2, -0.15) is 0 Å². The number of pyridine rings is 1. The highest BCUT2D eigenvalue weighted by atomic mass is 19.1. The molecule has 2 aromatic heterocycles. The van der Waals surface area contributed by atoms with E-state index >= 15 is 0 Å². The number of fused-ring (bicyclic) bond motifs is 1. The smallest absolute Gasteiger partial charge is 0.259 e. The monoisotopic (exact) mass is 375 g/mol. The predicted octanol–water partition coefficient (Wildman–Crippen LogP) is 4.83. The summed E-state index contributed by atoms with van der Waals surface area (Å²) in [6, 6.07) is 17.1. The van der Waals surface area contributed by atoms with E-state index in [0.29, 0.717) is 28.1 Å². The molecule has 0 spiro atoms.